The lowest BCUT2D eigenvalue weighted by Gasteiger charge is -2.07. The van der Waals surface area contributed by atoms with E-state index in [-0.39, 0.29) is 24.4 Å². The van der Waals surface area contributed by atoms with Crippen LogP contribution in [-0.2, 0) is 17.8 Å². The second kappa shape index (κ2) is 7.97. The van der Waals surface area contributed by atoms with Crippen LogP contribution in [0.15, 0.2) is 65.6 Å². The number of benzene rings is 2. The highest BCUT2D eigenvalue weighted by Gasteiger charge is 2.12. The Morgan fingerprint density at radius 3 is 2.62 bits per heavy atom. The third-order valence-corrected chi connectivity index (χ3v) is 4.46. The van der Waals surface area contributed by atoms with Crippen molar-refractivity contribution in [1.82, 2.24) is 25.1 Å². The van der Waals surface area contributed by atoms with Gasteiger partial charge in [0.1, 0.15) is 17.0 Å². The van der Waals surface area contributed by atoms with Crippen molar-refractivity contribution in [3.63, 3.8) is 0 Å². The molecule has 1 amide bonds. The topological polar surface area (TPSA) is 102 Å². The monoisotopic (exact) mass is 389 g/mol. The Hall–Kier alpha value is -3.94. The Kier molecular flexibility index (Phi) is 5.07. The molecule has 2 aromatic carbocycles. The summed E-state index contributed by atoms with van der Waals surface area (Å²) in [6, 6.07) is 16.7. The molecule has 4 aromatic rings. The van der Waals surface area contributed by atoms with Crippen molar-refractivity contribution >= 4 is 16.9 Å². The summed E-state index contributed by atoms with van der Waals surface area (Å²) in [5, 5.41) is 7.45. The van der Waals surface area contributed by atoms with Crippen LogP contribution < -0.4 is 15.6 Å². The van der Waals surface area contributed by atoms with E-state index in [1.54, 1.807) is 23.9 Å². The van der Waals surface area contributed by atoms with Crippen LogP contribution in [-0.4, -0.2) is 32.8 Å². The zero-order valence-electron chi connectivity index (χ0n) is 15.8. The van der Waals surface area contributed by atoms with Crippen LogP contribution in [0.1, 0.15) is 11.4 Å². The van der Waals surface area contributed by atoms with Gasteiger partial charge in [0.25, 0.3) is 5.56 Å². The number of nitrogens with zero attached hydrogens (tertiary/aromatic N) is 3. The molecule has 0 aliphatic rings. The summed E-state index contributed by atoms with van der Waals surface area (Å²) >= 11 is 0. The third-order valence-electron chi connectivity index (χ3n) is 4.46. The number of methoxy groups -OCH3 is 1. The molecule has 0 saturated carbocycles. The van der Waals surface area contributed by atoms with E-state index in [4.69, 9.17) is 4.74 Å². The molecule has 2 heterocycles. The van der Waals surface area contributed by atoms with E-state index >= 15 is 0 Å². The molecule has 0 radical (unpaired) electrons. The standard InChI is InChI=1S/C21H19N5O3/c1-29-16-9-7-14(8-10-16)11-19(27)22-13-18-24-20-17(21(28)25-18)12-23-26(20)15-5-3-2-4-6-15/h2-10,12H,11,13H2,1H3,(H,22,27)(H,24,25,28). The van der Waals surface area contributed by atoms with Crippen LogP contribution in [0.25, 0.3) is 16.7 Å². The molecule has 0 saturated heterocycles. The van der Waals surface area contributed by atoms with Crippen molar-refractivity contribution in [2.75, 3.05) is 7.11 Å². The van der Waals surface area contributed by atoms with Crippen LogP contribution in [0.4, 0.5) is 0 Å². The van der Waals surface area contributed by atoms with E-state index in [2.05, 4.69) is 20.4 Å². The molecule has 29 heavy (non-hydrogen) atoms. The van der Waals surface area contributed by atoms with E-state index in [0.717, 1.165) is 17.0 Å². The number of fused-ring (bicyclic) bond motifs is 1. The van der Waals surface area contributed by atoms with Gasteiger partial charge in [-0.3, -0.25) is 9.59 Å². The number of H-pyrrole nitrogens is 1. The van der Waals surface area contributed by atoms with Gasteiger partial charge in [-0.1, -0.05) is 30.3 Å². The molecule has 0 bridgehead atoms. The number of hydrogen-bond donors (Lipinski definition) is 2. The maximum Gasteiger partial charge on any atom is 0.262 e. The molecule has 8 nitrogen and oxygen atoms in total. The highest BCUT2D eigenvalue weighted by Crippen LogP contribution is 2.14. The predicted molar refractivity (Wildman–Crippen MR) is 108 cm³/mol. The number of carbonyl (C=O) groups is 1. The zero-order valence-corrected chi connectivity index (χ0v) is 15.8. The molecule has 0 spiro atoms. The molecule has 8 heteroatoms. The van der Waals surface area contributed by atoms with E-state index in [9.17, 15) is 9.59 Å². The number of para-hydroxylation sites is 1. The Morgan fingerprint density at radius 1 is 1.14 bits per heavy atom. The van der Waals surface area contributed by atoms with Gasteiger partial charge in [0.15, 0.2) is 5.65 Å². The van der Waals surface area contributed by atoms with Gasteiger partial charge in [0, 0.05) is 0 Å². The summed E-state index contributed by atoms with van der Waals surface area (Å²) in [5.74, 6) is 0.928. The van der Waals surface area contributed by atoms with Crippen molar-refractivity contribution in [2.45, 2.75) is 13.0 Å². The highest BCUT2D eigenvalue weighted by molar-refractivity contribution is 5.78. The van der Waals surface area contributed by atoms with E-state index in [1.807, 2.05) is 42.5 Å². The van der Waals surface area contributed by atoms with Crippen molar-refractivity contribution < 1.29 is 9.53 Å². The summed E-state index contributed by atoms with van der Waals surface area (Å²) in [4.78, 5) is 31.8. The molecule has 4 rings (SSSR count). The van der Waals surface area contributed by atoms with Gasteiger partial charge in [-0.25, -0.2) is 9.67 Å². The molecule has 2 aromatic heterocycles. The average Bonchev–Trinajstić information content (AvgIpc) is 3.18. The van der Waals surface area contributed by atoms with Crippen molar-refractivity contribution in [2.24, 2.45) is 0 Å². The van der Waals surface area contributed by atoms with E-state index in [0.29, 0.717) is 16.9 Å². The van der Waals surface area contributed by atoms with Gasteiger partial charge >= 0.3 is 0 Å². The molecule has 0 unspecified atom stereocenters. The second-order valence-electron chi connectivity index (χ2n) is 6.44. The minimum atomic E-state index is -0.295. The molecule has 146 valence electrons. The fourth-order valence-electron chi connectivity index (χ4n) is 2.98. The molecule has 0 aliphatic carbocycles. The number of ether oxygens (including phenoxy) is 1. The van der Waals surface area contributed by atoms with Crippen LogP contribution >= 0.6 is 0 Å². The summed E-state index contributed by atoms with van der Waals surface area (Å²) < 4.78 is 6.72. The number of hydrogen-bond acceptors (Lipinski definition) is 5. The molecular formula is C21H19N5O3. The largest absolute Gasteiger partial charge is 0.497 e. The van der Waals surface area contributed by atoms with E-state index < -0.39 is 0 Å². The number of rotatable bonds is 6. The van der Waals surface area contributed by atoms with Gasteiger partial charge < -0.3 is 15.0 Å². The van der Waals surface area contributed by atoms with Crippen LogP contribution in [0, 0.1) is 0 Å². The maximum absolute atomic E-state index is 12.4. The molecule has 0 aliphatic heterocycles. The van der Waals surface area contributed by atoms with Gasteiger partial charge in [-0.15, -0.1) is 0 Å². The van der Waals surface area contributed by atoms with E-state index in [1.165, 1.54) is 6.20 Å². The lowest BCUT2D eigenvalue weighted by molar-refractivity contribution is -0.120. The van der Waals surface area contributed by atoms with Gasteiger partial charge in [0.05, 0.1) is 32.0 Å². The molecule has 2 N–H and O–H groups in total. The number of carbonyl (C=O) groups excluding carboxylic acids is 1. The smallest absolute Gasteiger partial charge is 0.262 e. The van der Waals surface area contributed by atoms with Gasteiger partial charge in [-0.2, -0.15) is 5.10 Å². The normalized spacial score (nSPS) is 10.8. The van der Waals surface area contributed by atoms with Crippen LogP contribution in [0.5, 0.6) is 5.75 Å². The van der Waals surface area contributed by atoms with Gasteiger partial charge in [-0.05, 0) is 29.8 Å². The first-order chi connectivity index (χ1) is 14.1. The highest BCUT2D eigenvalue weighted by atomic mass is 16.5. The first-order valence-electron chi connectivity index (χ1n) is 9.06. The minimum Gasteiger partial charge on any atom is -0.497 e. The quantitative estimate of drug-likeness (QED) is 0.525. The number of amides is 1. The zero-order chi connectivity index (χ0) is 20.2. The summed E-state index contributed by atoms with van der Waals surface area (Å²) in [6.07, 6.45) is 1.71. The fourth-order valence-corrected chi connectivity index (χ4v) is 2.98. The molecule has 0 atom stereocenters. The lowest BCUT2D eigenvalue weighted by Crippen LogP contribution is -2.27. The molecule has 0 fully saturated rings. The van der Waals surface area contributed by atoms with Crippen molar-refractivity contribution in [1.29, 1.82) is 0 Å². The first kappa shape index (κ1) is 18.4. The molecular weight excluding hydrogens is 370 g/mol. The third kappa shape index (κ3) is 4.01. The lowest BCUT2D eigenvalue weighted by atomic mass is 10.1. The van der Waals surface area contributed by atoms with Crippen molar-refractivity contribution in [3.05, 3.63) is 82.5 Å². The number of nitrogens with one attached hydrogen (secondary N) is 2. The van der Waals surface area contributed by atoms with Gasteiger partial charge in [0.2, 0.25) is 5.91 Å². The predicted octanol–water partition coefficient (Wildman–Crippen LogP) is 1.98. The van der Waals surface area contributed by atoms with Crippen molar-refractivity contribution in [3.8, 4) is 11.4 Å². The Balaban J connectivity index is 1.50. The van der Waals surface area contributed by atoms with Crippen LogP contribution in [0.2, 0.25) is 0 Å². The Labute approximate surface area is 166 Å². The number of aromatic amines is 1. The average molecular weight is 389 g/mol. The summed E-state index contributed by atoms with van der Waals surface area (Å²) in [5.41, 5.74) is 1.81. The summed E-state index contributed by atoms with van der Waals surface area (Å²) in [7, 11) is 1.59. The SMILES string of the molecule is COc1ccc(CC(=O)NCc2nc3c(cnn3-c3ccccc3)c(=O)[nH]2)cc1. The number of aromatic nitrogens is 4. The Morgan fingerprint density at radius 2 is 1.90 bits per heavy atom. The fraction of sp³-hybridized carbons (Fsp3) is 0.143. The maximum atomic E-state index is 12.4. The summed E-state index contributed by atoms with van der Waals surface area (Å²) in [6.45, 7) is 0.111. The second-order valence-corrected chi connectivity index (χ2v) is 6.44. The Bertz CT molecular complexity index is 1200. The van der Waals surface area contributed by atoms with Crippen LogP contribution in [0.3, 0.4) is 0 Å². The minimum absolute atomic E-state index is 0.111. The first-order valence-corrected chi connectivity index (χ1v) is 9.06.